The molecule has 3 aromatic heterocycles. The predicted molar refractivity (Wildman–Crippen MR) is 138 cm³/mol. The second kappa shape index (κ2) is 9.62. The van der Waals surface area contributed by atoms with Gasteiger partial charge in [-0.3, -0.25) is 9.36 Å². The first-order valence-corrected chi connectivity index (χ1v) is 13.0. The van der Waals surface area contributed by atoms with E-state index in [9.17, 15) is 9.59 Å². The minimum atomic E-state index is -0.430. The van der Waals surface area contributed by atoms with Gasteiger partial charge in [-0.05, 0) is 37.3 Å². The van der Waals surface area contributed by atoms with Gasteiger partial charge in [-0.2, -0.15) is 4.98 Å². The fraction of sp³-hybridized carbons (Fsp3) is 0.500. The molecule has 2 bridgehead atoms. The number of aromatic nitrogens is 4. The van der Waals surface area contributed by atoms with E-state index in [1.165, 1.54) is 4.90 Å². The number of hydrogen-bond acceptors (Lipinski definition) is 8. The third-order valence-corrected chi connectivity index (χ3v) is 7.56. The molecule has 2 N–H and O–H groups in total. The number of ether oxygens (including phenoxy) is 1. The zero-order chi connectivity index (χ0) is 25.5. The summed E-state index contributed by atoms with van der Waals surface area (Å²) in [4.78, 5) is 42.3. The van der Waals surface area contributed by atoms with Gasteiger partial charge in [0.05, 0.1) is 5.56 Å². The van der Waals surface area contributed by atoms with Crippen LogP contribution in [0.5, 0.6) is 5.88 Å². The summed E-state index contributed by atoms with van der Waals surface area (Å²) in [6.45, 7) is 2.53. The number of amides is 2. The Bertz CT molecular complexity index is 1300. The summed E-state index contributed by atoms with van der Waals surface area (Å²) in [7, 11) is 3.32. The lowest BCUT2D eigenvalue weighted by Crippen LogP contribution is -2.44. The molecule has 2 atom stereocenters. The van der Waals surface area contributed by atoms with Gasteiger partial charge in [0, 0.05) is 69.7 Å². The Labute approximate surface area is 215 Å². The standard InChI is InChI=1S/C26H32N8O3/c1-32(2)26(36)37-22-10-18-13-29-25(31-23(18)34(22)20-5-3-4-6-20)30-21-8-7-17(12-28-21)24(35)33-14-16-9-19(15-33)27-11-16/h7-8,10,12-13,16,19-20,27H,3-6,9,11,14-15H2,1-2H3,(H,28,29,30,31). The van der Waals surface area contributed by atoms with Crippen molar-refractivity contribution in [3.8, 4) is 5.88 Å². The van der Waals surface area contributed by atoms with Gasteiger partial charge in [0.2, 0.25) is 11.8 Å². The van der Waals surface area contributed by atoms with Crippen LogP contribution in [0.2, 0.25) is 0 Å². The van der Waals surface area contributed by atoms with Gasteiger partial charge in [0.1, 0.15) is 11.5 Å². The Hall–Kier alpha value is -3.73. The Morgan fingerprint density at radius 3 is 2.70 bits per heavy atom. The van der Waals surface area contributed by atoms with Crippen molar-refractivity contribution in [1.82, 2.24) is 34.6 Å². The Balaban J connectivity index is 1.22. The first-order valence-electron chi connectivity index (χ1n) is 13.0. The summed E-state index contributed by atoms with van der Waals surface area (Å²) in [5.41, 5.74) is 1.29. The Morgan fingerprint density at radius 2 is 1.97 bits per heavy atom. The number of carbonyl (C=O) groups excluding carboxylic acids is 2. The van der Waals surface area contributed by atoms with E-state index in [1.54, 1.807) is 38.6 Å². The van der Waals surface area contributed by atoms with Crippen LogP contribution in [0.3, 0.4) is 0 Å². The van der Waals surface area contributed by atoms with Crippen molar-refractivity contribution < 1.29 is 14.3 Å². The summed E-state index contributed by atoms with van der Waals surface area (Å²) in [6, 6.07) is 6.00. The molecule has 2 saturated heterocycles. The highest BCUT2D eigenvalue weighted by Crippen LogP contribution is 2.37. The minimum Gasteiger partial charge on any atom is -0.393 e. The number of carbonyl (C=O) groups is 2. The first-order chi connectivity index (χ1) is 17.9. The van der Waals surface area contributed by atoms with Crippen molar-refractivity contribution in [2.45, 2.75) is 44.2 Å². The number of pyridine rings is 1. The molecule has 3 aromatic rings. The number of piperidine rings is 1. The number of nitrogens with one attached hydrogen (secondary N) is 2. The lowest BCUT2D eigenvalue weighted by molar-refractivity contribution is 0.0691. The van der Waals surface area contributed by atoms with Crippen LogP contribution in [0.1, 0.15) is 48.5 Å². The van der Waals surface area contributed by atoms with Crippen LogP contribution in [-0.4, -0.2) is 81.1 Å². The summed E-state index contributed by atoms with van der Waals surface area (Å²) in [5.74, 6) is 1.98. The van der Waals surface area contributed by atoms with Crippen LogP contribution in [0.25, 0.3) is 11.0 Å². The highest BCUT2D eigenvalue weighted by molar-refractivity contribution is 5.94. The van der Waals surface area contributed by atoms with Crippen molar-refractivity contribution in [3.05, 3.63) is 36.2 Å². The van der Waals surface area contributed by atoms with Crippen molar-refractivity contribution in [2.24, 2.45) is 5.92 Å². The minimum absolute atomic E-state index is 0.0179. The topological polar surface area (TPSA) is 118 Å². The fourth-order valence-corrected chi connectivity index (χ4v) is 5.71. The number of rotatable bonds is 5. The molecule has 11 nitrogen and oxygen atoms in total. The van der Waals surface area contributed by atoms with Gasteiger partial charge in [-0.15, -0.1) is 0 Å². The molecule has 2 aliphatic heterocycles. The van der Waals surface area contributed by atoms with Crippen LogP contribution in [0.15, 0.2) is 30.6 Å². The summed E-state index contributed by atoms with van der Waals surface area (Å²) < 4.78 is 7.70. The second-order valence-corrected chi connectivity index (χ2v) is 10.5. The lowest BCUT2D eigenvalue weighted by Gasteiger charge is -2.31. The molecule has 0 spiro atoms. The van der Waals surface area contributed by atoms with Crippen LogP contribution >= 0.6 is 0 Å². The molecule has 0 radical (unpaired) electrons. The fourth-order valence-electron chi connectivity index (χ4n) is 5.71. The SMILES string of the molecule is CN(C)C(=O)Oc1cc2cnc(Nc3ccc(C(=O)N4CC5CNC(C5)C4)cn3)nc2n1C1CCCC1. The first kappa shape index (κ1) is 23.7. The molecule has 194 valence electrons. The molecule has 2 unspecified atom stereocenters. The molecule has 6 rings (SSSR count). The van der Waals surface area contributed by atoms with Gasteiger partial charge >= 0.3 is 6.09 Å². The number of hydrogen-bond donors (Lipinski definition) is 2. The second-order valence-electron chi connectivity index (χ2n) is 10.5. The van der Waals surface area contributed by atoms with Crippen LogP contribution in [0, 0.1) is 5.92 Å². The molecular formula is C26H32N8O3. The normalized spacial score (nSPS) is 21.4. The monoisotopic (exact) mass is 504 g/mol. The largest absolute Gasteiger partial charge is 0.415 e. The van der Waals surface area contributed by atoms with Crippen molar-refractivity contribution in [2.75, 3.05) is 39.0 Å². The zero-order valence-corrected chi connectivity index (χ0v) is 21.2. The summed E-state index contributed by atoms with van der Waals surface area (Å²) in [5, 5.41) is 7.44. The molecule has 5 heterocycles. The Kier molecular flexibility index (Phi) is 6.15. The molecule has 37 heavy (non-hydrogen) atoms. The van der Waals surface area contributed by atoms with Crippen molar-refractivity contribution in [3.63, 3.8) is 0 Å². The smallest absolute Gasteiger partial charge is 0.393 e. The molecule has 1 aliphatic carbocycles. The van der Waals surface area contributed by atoms with Crippen LogP contribution in [-0.2, 0) is 0 Å². The third-order valence-electron chi connectivity index (χ3n) is 7.56. The van der Waals surface area contributed by atoms with E-state index in [0.29, 0.717) is 40.8 Å². The van der Waals surface area contributed by atoms with Gasteiger partial charge in [0.25, 0.3) is 5.91 Å². The van der Waals surface area contributed by atoms with E-state index >= 15 is 0 Å². The molecule has 2 amide bonds. The van der Waals surface area contributed by atoms with Gasteiger partial charge in [-0.25, -0.2) is 14.8 Å². The average Bonchev–Trinajstić information content (AvgIpc) is 3.62. The number of anilines is 2. The van der Waals surface area contributed by atoms with E-state index in [0.717, 1.165) is 57.1 Å². The molecule has 0 aromatic carbocycles. The predicted octanol–water partition coefficient (Wildman–Crippen LogP) is 3.18. The third kappa shape index (κ3) is 4.71. The van der Waals surface area contributed by atoms with Gasteiger partial charge in [-0.1, -0.05) is 12.8 Å². The van der Waals surface area contributed by atoms with Crippen LogP contribution in [0.4, 0.5) is 16.6 Å². The van der Waals surface area contributed by atoms with E-state index < -0.39 is 6.09 Å². The number of fused-ring (bicyclic) bond motifs is 3. The molecule has 1 saturated carbocycles. The molecule has 3 aliphatic rings. The lowest BCUT2D eigenvalue weighted by atomic mass is 9.99. The maximum atomic E-state index is 13.0. The number of likely N-dealkylation sites (tertiary alicyclic amines) is 1. The molecule has 3 fully saturated rings. The molecule has 11 heteroatoms. The molecular weight excluding hydrogens is 472 g/mol. The van der Waals surface area contributed by atoms with Gasteiger partial charge in [0.15, 0.2) is 0 Å². The maximum absolute atomic E-state index is 13.0. The highest BCUT2D eigenvalue weighted by atomic mass is 16.6. The quantitative estimate of drug-likeness (QED) is 0.544. The van der Waals surface area contributed by atoms with Crippen molar-refractivity contribution >= 4 is 34.8 Å². The number of nitrogens with zero attached hydrogens (tertiary/aromatic N) is 6. The average molecular weight is 505 g/mol. The van der Waals surface area contributed by atoms with E-state index in [-0.39, 0.29) is 11.9 Å². The summed E-state index contributed by atoms with van der Waals surface area (Å²) in [6.07, 6.45) is 8.33. The zero-order valence-electron chi connectivity index (χ0n) is 21.2. The Morgan fingerprint density at radius 1 is 1.14 bits per heavy atom. The maximum Gasteiger partial charge on any atom is 0.415 e. The highest BCUT2D eigenvalue weighted by Gasteiger charge is 2.35. The van der Waals surface area contributed by atoms with E-state index in [1.807, 2.05) is 15.5 Å². The van der Waals surface area contributed by atoms with E-state index in [4.69, 9.17) is 9.72 Å². The summed E-state index contributed by atoms with van der Waals surface area (Å²) >= 11 is 0. The van der Waals surface area contributed by atoms with Gasteiger partial charge < -0.3 is 25.2 Å². The van der Waals surface area contributed by atoms with E-state index in [2.05, 4.69) is 20.6 Å². The van der Waals surface area contributed by atoms with Crippen molar-refractivity contribution in [1.29, 1.82) is 0 Å². The van der Waals surface area contributed by atoms with Crippen LogP contribution < -0.4 is 15.4 Å².